The second-order valence-corrected chi connectivity index (χ2v) is 9.11. The number of aromatic amines is 1. The highest BCUT2D eigenvalue weighted by molar-refractivity contribution is 6.36. The van der Waals surface area contributed by atoms with Crippen LogP contribution in [0, 0.1) is 5.92 Å². The predicted molar refractivity (Wildman–Crippen MR) is 117 cm³/mol. The summed E-state index contributed by atoms with van der Waals surface area (Å²) >= 11 is 13.2. The quantitative estimate of drug-likeness (QED) is 0.660. The molecule has 2 atom stereocenters. The molecule has 1 amide bonds. The van der Waals surface area contributed by atoms with Crippen molar-refractivity contribution in [2.45, 2.75) is 38.1 Å². The molecule has 1 aliphatic heterocycles. The van der Waals surface area contributed by atoms with Crippen molar-refractivity contribution >= 4 is 29.1 Å². The Morgan fingerprint density at radius 1 is 1.20 bits per heavy atom. The number of amides is 1. The van der Waals surface area contributed by atoms with Gasteiger partial charge in [-0.2, -0.15) is 10.2 Å². The minimum absolute atomic E-state index is 0.0741. The van der Waals surface area contributed by atoms with Gasteiger partial charge in [0.25, 0.3) is 0 Å². The number of H-pyrrole nitrogens is 1. The van der Waals surface area contributed by atoms with E-state index in [0.29, 0.717) is 16.5 Å². The van der Waals surface area contributed by atoms with Crippen molar-refractivity contribution in [2.24, 2.45) is 13.0 Å². The standard InChI is InChI=1S/C22H23Cl2N5O/c1-28-12-16(11-26-28)14-8-19(23)18(20(24)9-14)7-13-4-5-29(22(13)30)17-2-3-21-15(6-17)10-25-27-21/h8-13,17H,2-7H2,1H3,(H,25,27)/t13-,17-/m0/s1. The van der Waals surface area contributed by atoms with Gasteiger partial charge < -0.3 is 4.90 Å². The number of carbonyl (C=O) groups excluding carboxylic acids is 1. The summed E-state index contributed by atoms with van der Waals surface area (Å²) in [7, 11) is 1.87. The molecule has 1 fully saturated rings. The van der Waals surface area contributed by atoms with Crippen LogP contribution in [0.2, 0.25) is 10.0 Å². The maximum atomic E-state index is 13.2. The number of halogens is 2. The van der Waals surface area contributed by atoms with Crippen LogP contribution in [0.4, 0.5) is 0 Å². The zero-order valence-corrected chi connectivity index (χ0v) is 18.2. The van der Waals surface area contributed by atoms with Gasteiger partial charge in [-0.05, 0) is 60.9 Å². The average molecular weight is 444 g/mol. The summed E-state index contributed by atoms with van der Waals surface area (Å²) in [6.45, 7) is 0.796. The first kappa shape index (κ1) is 19.6. The molecule has 2 aromatic heterocycles. The monoisotopic (exact) mass is 443 g/mol. The van der Waals surface area contributed by atoms with Crippen LogP contribution >= 0.6 is 23.2 Å². The van der Waals surface area contributed by atoms with Gasteiger partial charge in [0, 0.05) is 53.6 Å². The van der Waals surface area contributed by atoms with Gasteiger partial charge in [0.15, 0.2) is 0 Å². The van der Waals surface area contributed by atoms with Gasteiger partial charge in [0.2, 0.25) is 5.91 Å². The highest BCUT2D eigenvalue weighted by Gasteiger charge is 2.38. The Bertz CT molecular complexity index is 1080. The van der Waals surface area contributed by atoms with Crippen molar-refractivity contribution in [2.75, 3.05) is 6.54 Å². The maximum absolute atomic E-state index is 13.2. The number of hydrogen-bond donors (Lipinski definition) is 1. The number of nitrogens with zero attached hydrogens (tertiary/aromatic N) is 4. The highest BCUT2D eigenvalue weighted by atomic mass is 35.5. The molecule has 6 nitrogen and oxygen atoms in total. The zero-order valence-electron chi connectivity index (χ0n) is 16.7. The highest BCUT2D eigenvalue weighted by Crippen LogP contribution is 2.36. The number of aryl methyl sites for hydroxylation is 2. The van der Waals surface area contributed by atoms with Gasteiger partial charge in [-0.25, -0.2) is 0 Å². The van der Waals surface area contributed by atoms with Crippen LogP contribution in [0.1, 0.15) is 29.7 Å². The molecule has 1 N–H and O–H groups in total. The van der Waals surface area contributed by atoms with Gasteiger partial charge in [0.1, 0.15) is 0 Å². The fourth-order valence-electron chi connectivity index (χ4n) is 4.76. The number of nitrogens with one attached hydrogen (secondary N) is 1. The predicted octanol–water partition coefficient (Wildman–Crippen LogP) is 4.07. The summed E-state index contributed by atoms with van der Waals surface area (Å²) in [5.74, 6) is 0.144. The second kappa shape index (κ2) is 7.75. The van der Waals surface area contributed by atoms with Crippen molar-refractivity contribution < 1.29 is 4.79 Å². The topological polar surface area (TPSA) is 66.8 Å². The molecule has 2 aliphatic rings. The summed E-state index contributed by atoms with van der Waals surface area (Å²) in [6.07, 6.45) is 9.86. The third-order valence-corrected chi connectivity index (χ3v) is 7.07. The minimum atomic E-state index is -0.0741. The molecule has 0 spiro atoms. The van der Waals surface area contributed by atoms with Crippen LogP contribution in [0.5, 0.6) is 0 Å². The van der Waals surface area contributed by atoms with Crippen LogP contribution in [0.3, 0.4) is 0 Å². The summed E-state index contributed by atoms with van der Waals surface area (Å²) in [5.41, 5.74) is 5.12. The van der Waals surface area contributed by atoms with E-state index in [9.17, 15) is 4.79 Å². The van der Waals surface area contributed by atoms with Crippen molar-refractivity contribution in [3.05, 3.63) is 57.6 Å². The molecule has 156 valence electrons. The second-order valence-electron chi connectivity index (χ2n) is 8.30. The molecule has 30 heavy (non-hydrogen) atoms. The van der Waals surface area contributed by atoms with Gasteiger partial charge >= 0.3 is 0 Å². The molecule has 8 heteroatoms. The lowest BCUT2D eigenvalue weighted by Crippen LogP contribution is -2.41. The molecular formula is C22H23Cl2N5O. The molecule has 0 bridgehead atoms. The van der Waals surface area contributed by atoms with Crippen LogP contribution in [-0.2, 0) is 31.1 Å². The van der Waals surface area contributed by atoms with Crippen LogP contribution in [-0.4, -0.2) is 43.4 Å². The van der Waals surface area contributed by atoms with Crippen molar-refractivity contribution in [3.8, 4) is 11.1 Å². The number of benzene rings is 1. The van der Waals surface area contributed by atoms with E-state index < -0.39 is 0 Å². The van der Waals surface area contributed by atoms with Crippen LogP contribution < -0.4 is 0 Å². The van der Waals surface area contributed by atoms with Gasteiger partial charge in [-0.15, -0.1) is 0 Å². The Kier molecular flexibility index (Phi) is 5.07. The van der Waals surface area contributed by atoms with E-state index in [0.717, 1.165) is 54.6 Å². The van der Waals surface area contributed by atoms with E-state index >= 15 is 0 Å². The van der Waals surface area contributed by atoms with E-state index in [1.807, 2.05) is 31.6 Å². The van der Waals surface area contributed by atoms with E-state index in [4.69, 9.17) is 23.2 Å². The number of rotatable bonds is 4. The number of aromatic nitrogens is 4. The summed E-state index contributed by atoms with van der Waals surface area (Å²) in [6, 6.07) is 4.09. The molecule has 1 aromatic carbocycles. The Morgan fingerprint density at radius 2 is 2.00 bits per heavy atom. The van der Waals surface area contributed by atoms with Crippen molar-refractivity contribution in [1.82, 2.24) is 24.9 Å². The third kappa shape index (κ3) is 3.52. The molecule has 3 heterocycles. The number of fused-ring (bicyclic) bond motifs is 1. The molecular weight excluding hydrogens is 421 g/mol. The average Bonchev–Trinajstić information content (AvgIpc) is 3.44. The maximum Gasteiger partial charge on any atom is 0.226 e. The van der Waals surface area contributed by atoms with E-state index in [1.165, 1.54) is 5.56 Å². The molecule has 5 rings (SSSR count). The molecule has 1 saturated heterocycles. The Morgan fingerprint density at radius 3 is 2.73 bits per heavy atom. The van der Waals surface area contributed by atoms with E-state index in [-0.39, 0.29) is 17.9 Å². The third-order valence-electron chi connectivity index (χ3n) is 6.40. The smallest absolute Gasteiger partial charge is 0.226 e. The van der Waals surface area contributed by atoms with Crippen LogP contribution in [0.25, 0.3) is 11.1 Å². The molecule has 1 aliphatic carbocycles. The Hall–Kier alpha value is -2.31. The van der Waals surface area contributed by atoms with Gasteiger partial charge in [-0.1, -0.05) is 23.2 Å². The molecule has 3 aromatic rings. The number of carbonyl (C=O) groups is 1. The molecule has 0 radical (unpaired) electrons. The largest absolute Gasteiger partial charge is 0.339 e. The van der Waals surface area contributed by atoms with Crippen molar-refractivity contribution in [1.29, 1.82) is 0 Å². The lowest BCUT2D eigenvalue weighted by molar-refractivity contribution is -0.133. The fourth-order valence-corrected chi connectivity index (χ4v) is 5.40. The van der Waals surface area contributed by atoms with E-state index in [2.05, 4.69) is 20.2 Å². The first-order valence-electron chi connectivity index (χ1n) is 10.3. The van der Waals surface area contributed by atoms with Crippen LogP contribution in [0.15, 0.2) is 30.7 Å². The first-order valence-corrected chi connectivity index (χ1v) is 11.0. The molecule has 0 unspecified atom stereocenters. The molecule has 0 saturated carbocycles. The first-order chi connectivity index (χ1) is 14.5. The van der Waals surface area contributed by atoms with E-state index in [1.54, 1.807) is 10.9 Å². The Balaban J connectivity index is 1.31. The van der Waals surface area contributed by atoms with Gasteiger partial charge in [-0.3, -0.25) is 14.6 Å². The fraction of sp³-hybridized carbons (Fsp3) is 0.409. The minimum Gasteiger partial charge on any atom is -0.339 e. The summed E-state index contributed by atoms with van der Waals surface area (Å²) in [4.78, 5) is 15.2. The lowest BCUT2D eigenvalue weighted by atomic mass is 9.92. The Labute approximate surface area is 185 Å². The number of likely N-dealkylation sites (tertiary alicyclic amines) is 1. The summed E-state index contributed by atoms with van der Waals surface area (Å²) in [5, 5.41) is 12.7. The zero-order chi connectivity index (χ0) is 20.8. The normalized spacial score (nSPS) is 21.3. The number of hydrogen-bond acceptors (Lipinski definition) is 3. The SMILES string of the molecule is Cn1cc(-c2cc(Cl)c(C[C@@H]3CCN([C@H]4CCc5n[nH]cc5C4)C3=O)c(Cl)c2)cn1. The van der Waals surface area contributed by atoms with Crippen molar-refractivity contribution in [3.63, 3.8) is 0 Å². The summed E-state index contributed by atoms with van der Waals surface area (Å²) < 4.78 is 1.74. The lowest BCUT2D eigenvalue weighted by Gasteiger charge is -2.31. The van der Waals surface area contributed by atoms with Gasteiger partial charge in [0.05, 0.1) is 11.9 Å².